The van der Waals surface area contributed by atoms with E-state index in [1.165, 1.54) is 33.4 Å². The minimum absolute atomic E-state index is 0. The van der Waals surface area contributed by atoms with Gasteiger partial charge in [0.15, 0.2) is 0 Å². The van der Waals surface area contributed by atoms with Crippen molar-refractivity contribution in [2.24, 2.45) is 0 Å². The van der Waals surface area contributed by atoms with Crippen LogP contribution in [0.3, 0.4) is 0 Å². The Bertz CT molecular complexity index is 3440. The molecule has 0 unspecified atom stereocenters. The van der Waals surface area contributed by atoms with E-state index in [2.05, 4.69) is 275 Å². The fraction of sp³-hybridized carbons (Fsp3) is 0.273. The SMILES string of the molecule is CC(C)(C)c1cc(Oc2[c-]c3c(cc2)c2ccccc2n3-c2cc(C(C)(C)C)ccn2)[c-]c(N2[CH-]N(c3cc(C(C)(C)C)cc(C(C)(C)c4ccccc4)c3)c3ccc(C(C)(C)c4ccccc4)cc32)c1.[Pt]. The predicted molar refractivity (Wildman–Crippen MR) is 297 cm³/mol. The summed E-state index contributed by atoms with van der Waals surface area (Å²) in [5.41, 5.74) is 14.0. The van der Waals surface area contributed by atoms with Crippen LogP contribution in [0.1, 0.15) is 129 Å². The minimum Gasteiger partial charge on any atom is -0.509 e. The molecule has 0 amide bonds. The first kappa shape index (κ1) is 50.5. The molecule has 0 spiro atoms. The molecule has 7 aromatic carbocycles. The maximum Gasteiger partial charge on any atom is 0.135 e. The molecule has 370 valence electrons. The second-order valence-electron chi connectivity index (χ2n) is 23.6. The van der Waals surface area contributed by atoms with E-state index in [0.29, 0.717) is 11.5 Å². The molecule has 6 heteroatoms. The van der Waals surface area contributed by atoms with Gasteiger partial charge in [0.1, 0.15) is 5.82 Å². The average Bonchev–Trinajstić information content (AvgIpc) is 3.89. The summed E-state index contributed by atoms with van der Waals surface area (Å²) in [6.45, 7) is 32.0. The molecule has 0 radical (unpaired) electrons. The van der Waals surface area contributed by atoms with Gasteiger partial charge in [-0.15, -0.1) is 53.6 Å². The normalized spacial score (nSPS) is 13.4. The average molecular weight is 1130 g/mol. The molecule has 0 atom stereocenters. The Hall–Kier alpha value is -6.42. The third kappa shape index (κ3) is 9.42. The number of rotatable bonds is 9. The van der Waals surface area contributed by atoms with E-state index in [-0.39, 0.29) is 48.1 Å². The second kappa shape index (κ2) is 18.6. The fourth-order valence-corrected chi connectivity index (χ4v) is 9.98. The van der Waals surface area contributed by atoms with Crippen molar-refractivity contribution < 1.29 is 25.8 Å². The molecular formula is C66H67N4OPt-3. The summed E-state index contributed by atoms with van der Waals surface area (Å²) in [6.07, 6.45) is 1.91. The molecule has 0 aliphatic carbocycles. The number of nitrogens with zero attached hydrogens (tertiary/aromatic N) is 4. The van der Waals surface area contributed by atoms with E-state index in [1.54, 1.807) is 0 Å². The fourth-order valence-electron chi connectivity index (χ4n) is 9.98. The first-order valence-electron chi connectivity index (χ1n) is 25.1. The number of para-hydroxylation sites is 1. The number of fused-ring (bicyclic) bond motifs is 4. The van der Waals surface area contributed by atoms with Crippen molar-refractivity contribution >= 4 is 44.6 Å². The number of anilines is 4. The molecule has 0 saturated carbocycles. The number of benzene rings is 7. The van der Waals surface area contributed by atoms with E-state index in [4.69, 9.17) is 9.72 Å². The molecule has 3 heterocycles. The monoisotopic (exact) mass is 1130 g/mol. The molecule has 9 aromatic rings. The summed E-state index contributed by atoms with van der Waals surface area (Å²) in [4.78, 5) is 9.60. The number of pyridine rings is 1. The van der Waals surface area contributed by atoms with Crippen LogP contribution in [0.25, 0.3) is 27.6 Å². The zero-order valence-corrected chi connectivity index (χ0v) is 46.5. The smallest absolute Gasteiger partial charge is 0.135 e. The molecule has 0 fully saturated rings. The van der Waals surface area contributed by atoms with Crippen molar-refractivity contribution in [1.29, 1.82) is 0 Å². The summed E-state index contributed by atoms with van der Waals surface area (Å²) in [5.74, 6) is 2.08. The van der Waals surface area contributed by atoms with Crippen LogP contribution in [0.15, 0.2) is 164 Å². The zero-order chi connectivity index (χ0) is 50.3. The van der Waals surface area contributed by atoms with Crippen molar-refractivity contribution in [1.82, 2.24) is 9.55 Å². The second-order valence-corrected chi connectivity index (χ2v) is 23.6. The molecule has 1 aliphatic rings. The van der Waals surface area contributed by atoms with Gasteiger partial charge in [-0.05, 0) is 97.5 Å². The van der Waals surface area contributed by atoms with Gasteiger partial charge < -0.3 is 19.1 Å². The number of aromatic nitrogens is 2. The molecule has 0 saturated heterocycles. The summed E-state index contributed by atoms with van der Waals surface area (Å²) in [5, 5.41) is 2.23. The molecule has 0 N–H and O–H groups in total. The number of ether oxygens (including phenoxy) is 1. The summed E-state index contributed by atoms with van der Waals surface area (Å²) < 4.78 is 9.19. The van der Waals surface area contributed by atoms with Crippen LogP contribution in [-0.2, 0) is 48.1 Å². The number of hydrogen-bond donors (Lipinski definition) is 0. The Morgan fingerprint density at radius 2 is 1.04 bits per heavy atom. The van der Waals surface area contributed by atoms with E-state index in [9.17, 15) is 0 Å². The van der Waals surface area contributed by atoms with Crippen LogP contribution in [-0.4, -0.2) is 9.55 Å². The molecule has 0 bridgehead atoms. The maximum absolute atomic E-state index is 6.97. The van der Waals surface area contributed by atoms with Crippen LogP contribution in [0, 0.1) is 18.8 Å². The Labute approximate surface area is 443 Å². The van der Waals surface area contributed by atoms with Crippen molar-refractivity contribution in [3.8, 4) is 17.3 Å². The van der Waals surface area contributed by atoms with Crippen LogP contribution in [0.5, 0.6) is 11.5 Å². The minimum atomic E-state index is -0.264. The Morgan fingerprint density at radius 1 is 0.444 bits per heavy atom. The van der Waals surface area contributed by atoms with Crippen LogP contribution in [0.2, 0.25) is 0 Å². The van der Waals surface area contributed by atoms with Crippen LogP contribution < -0.4 is 14.5 Å². The van der Waals surface area contributed by atoms with E-state index < -0.39 is 0 Å². The van der Waals surface area contributed by atoms with Crippen molar-refractivity contribution in [3.63, 3.8) is 0 Å². The van der Waals surface area contributed by atoms with Crippen molar-refractivity contribution in [2.75, 3.05) is 9.80 Å². The predicted octanol–water partition coefficient (Wildman–Crippen LogP) is 17.5. The molecular weight excluding hydrogens is 1060 g/mol. The summed E-state index contributed by atoms with van der Waals surface area (Å²) >= 11 is 0. The van der Waals surface area contributed by atoms with Crippen LogP contribution in [0.4, 0.5) is 22.7 Å². The topological polar surface area (TPSA) is 33.5 Å². The van der Waals surface area contributed by atoms with Gasteiger partial charge in [0.05, 0.1) is 0 Å². The van der Waals surface area contributed by atoms with Gasteiger partial charge in [-0.2, -0.15) is 6.07 Å². The largest absolute Gasteiger partial charge is 0.509 e. The molecule has 5 nitrogen and oxygen atoms in total. The van der Waals surface area contributed by atoms with Gasteiger partial charge in [0.25, 0.3) is 0 Å². The van der Waals surface area contributed by atoms with E-state index in [1.807, 2.05) is 12.3 Å². The van der Waals surface area contributed by atoms with Gasteiger partial charge in [0.2, 0.25) is 0 Å². The van der Waals surface area contributed by atoms with Gasteiger partial charge in [-0.1, -0.05) is 187 Å². The molecule has 72 heavy (non-hydrogen) atoms. The van der Waals surface area contributed by atoms with Gasteiger partial charge in [0, 0.05) is 72.2 Å². The summed E-state index contributed by atoms with van der Waals surface area (Å²) in [6, 6.07) is 64.8. The molecule has 10 rings (SSSR count). The quantitative estimate of drug-likeness (QED) is 0.135. The van der Waals surface area contributed by atoms with Crippen molar-refractivity contribution in [3.05, 3.63) is 222 Å². The van der Waals surface area contributed by atoms with Crippen LogP contribution >= 0.6 is 0 Å². The molecule has 1 aliphatic heterocycles. The van der Waals surface area contributed by atoms with Gasteiger partial charge in [-0.25, -0.2) is 4.98 Å². The Balaban J connectivity index is 0.00000640. The van der Waals surface area contributed by atoms with E-state index >= 15 is 0 Å². The third-order valence-electron chi connectivity index (χ3n) is 14.8. The summed E-state index contributed by atoms with van der Waals surface area (Å²) in [7, 11) is 0. The van der Waals surface area contributed by atoms with Gasteiger partial charge >= 0.3 is 0 Å². The number of hydrogen-bond acceptors (Lipinski definition) is 4. The first-order chi connectivity index (χ1) is 33.6. The Kier molecular flexibility index (Phi) is 13.0. The zero-order valence-electron chi connectivity index (χ0n) is 44.2. The Morgan fingerprint density at radius 3 is 1.69 bits per heavy atom. The first-order valence-corrected chi connectivity index (χ1v) is 25.1. The standard InChI is InChI=1S/C66H67N4O.Pt/c1-62(2,3)46-32-33-67-61(40-46)70-57-27-21-20-26-55(57)56-30-29-53(42-59(56)70)71-54-38-49(64(7,8)9)36-52(41-54)69-43-68(58-31-28-47(39-60(58)69)65(10,11)44-22-16-14-17-23-44)51-35-48(63(4,5)6)34-50(37-51)66(12,13)45-24-18-15-19-25-45;/h14-40,43H,1-13H3;/q-3;. The maximum atomic E-state index is 6.97. The van der Waals surface area contributed by atoms with Crippen molar-refractivity contribution in [2.45, 2.75) is 117 Å². The third-order valence-corrected chi connectivity index (χ3v) is 14.8. The molecule has 2 aromatic heterocycles. The van der Waals surface area contributed by atoms with Gasteiger partial charge in [-0.3, -0.25) is 0 Å². The van der Waals surface area contributed by atoms with E-state index in [0.717, 1.165) is 55.9 Å².